The molecule has 4 rings (SSSR count). The second-order valence-electron chi connectivity index (χ2n) is 7.51. The number of hydrogen-bond acceptors (Lipinski definition) is 3. The Bertz CT molecular complexity index is 893. The van der Waals surface area contributed by atoms with Crippen LogP contribution in [0.2, 0.25) is 0 Å². The first-order valence-corrected chi connectivity index (χ1v) is 10.00. The van der Waals surface area contributed by atoms with Crippen molar-refractivity contribution in [3.05, 3.63) is 58.9 Å². The monoisotopic (exact) mass is 378 g/mol. The van der Waals surface area contributed by atoms with E-state index in [0.717, 1.165) is 48.2 Å². The van der Waals surface area contributed by atoms with E-state index in [4.69, 9.17) is 0 Å². The zero-order chi connectivity index (χ0) is 19.5. The standard InChI is InChI=1S/C22H26N4O2/c1-17(15-18-7-3-2-4-8-18)21(27)24-11-13-25(14-12-24)22(28)19-16-23-26-10-6-5-9-20(19)26/h2-4,7-8,15-16H,5-6,9-14H2,1H3/b17-15+. The van der Waals surface area contributed by atoms with Crippen LogP contribution in [0.5, 0.6) is 0 Å². The van der Waals surface area contributed by atoms with E-state index in [-0.39, 0.29) is 11.8 Å². The third-order valence-electron chi connectivity index (χ3n) is 5.59. The summed E-state index contributed by atoms with van der Waals surface area (Å²) in [6.45, 7) is 5.01. The van der Waals surface area contributed by atoms with Crippen LogP contribution in [0.3, 0.4) is 0 Å². The molecule has 1 fully saturated rings. The summed E-state index contributed by atoms with van der Waals surface area (Å²) in [5, 5.41) is 4.38. The van der Waals surface area contributed by atoms with Crippen molar-refractivity contribution >= 4 is 17.9 Å². The van der Waals surface area contributed by atoms with E-state index < -0.39 is 0 Å². The molecule has 1 aromatic carbocycles. The number of nitrogens with zero attached hydrogens (tertiary/aromatic N) is 4. The topological polar surface area (TPSA) is 58.4 Å². The summed E-state index contributed by atoms with van der Waals surface area (Å²) in [5.41, 5.74) is 3.54. The van der Waals surface area contributed by atoms with E-state index in [1.54, 1.807) is 6.20 Å². The second kappa shape index (κ2) is 8.00. The third kappa shape index (κ3) is 3.72. The number of hydrogen-bond donors (Lipinski definition) is 0. The van der Waals surface area contributed by atoms with Crippen molar-refractivity contribution in [2.45, 2.75) is 32.7 Å². The predicted octanol–water partition coefficient (Wildman–Crippen LogP) is 2.61. The smallest absolute Gasteiger partial charge is 0.257 e. The van der Waals surface area contributed by atoms with E-state index in [1.165, 1.54) is 0 Å². The summed E-state index contributed by atoms with van der Waals surface area (Å²) in [4.78, 5) is 29.4. The number of piperazine rings is 1. The highest BCUT2D eigenvalue weighted by Crippen LogP contribution is 2.20. The van der Waals surface area contributed by atoms with Crippen molar-refractivity contribution in [1.82, 2.24) is 19.6 Å². The first kappa shape index (κ1) is 18.5. The Kier molecular flexibility index (Phi) is 5.28. The van der Waals surface area contributed by atoms with Gasteiger partial charge in [-0.25, -0.2) is 0 Å². The molecule has 0 atom stereocenters. The fourth-order valence-electron chi connectivity index (χ4n) is 3.99. The van der Waals surface area contributed by atoms with Gasteiger partial charge in [0.05, 0.1) is 17.5 Å². The Morgan fingerprint density at radius 2 is 1.68 bits per heavy atom. The van der Waals surface area contributed by atoms with Gasteiger partial charge in [0, 0.05) is 38.3 Å². The van der Waals surface area contributed by atoms with Crippen LogP contribution >= 0.6 is 0 Å². The Labute approximate surface area is 165 Å². The molecule has 0 N–H and O–H groups in total. The molecule has 0 spiro atoms. The summed E-state index contributed by atoms with van der Waals surface area (Å²) in [6.07, 6.45) is 6.79. The molecule has 1 aromatic heterocycles. The van der Waals surface area contributed by atoms with Crippen LogP contribution in [-0.2, 0) is 17.8 Å². The van der Waals surface area contributed by atoms with Crippen molar-refractivity contribution in [2.24, 2.45) is 0 Å². The average molecular weight is 378 g/mol. The zero-order valence-corrected chi connectivity index (χ0v) is 16.3. The zero-order valence-electron chi connectivity index (χ0n) is 16.3. The molecule has 1 saturated heterocycles. The fourth-order valence-corrected chi connectivity index (χ4v) is 3.99. The third-order valence-corrected chi connectivity index (χ3v) is 5.59. The first-order valence-electron chi connectivity index (χ1n) is 10.00. The van der Waals surface area contributed by atoms with Gasteiger partial charge in [-0.1, -0.05) is 30.3 Å². The molecule has 2 amide bonds. The lowest BCUT2D eigenvalue weighted by Gasteiger charge is -2.35. The SMILES string of the molecule is C/C(=C\c1ccccc1)C(=O)N1CCN(C(=O)c2cnn3c2CCCC3)CC1. The fraction of sp³-hybridized carbons (Fsp3) is 0.409. The molecular weight excluding hydrogens is 352 g/mol. The average Bonchev–Trinajstić information content (AvgIpc) is 3.17. The maximum atomic E-state index is 12.9. The number of carbonyl (C=O) groups is 2. The molecule has 2 aliphatic heterocycles. The second-order valence-corrected chi connectivity index (χ2v) is 7.51. The van der Waals surface area contributed by atoms with E-state index in [2.05, 4.69) is 5.10 Å². The molecule has 0 radical (unpaired) electrons. The normalized spacial score (nSPS) is 17.4. The van der Waals surface area contributed by atoms with Crippen molar-refractivity contribution < 1.29 is 9.59 Å². The van der Waals surface area contributed by atoms with Gasteiger partial charge in [0.25, 0.3) is 5.91 Å². The minimum atomic E-state index is 0.0406. The number of aryl methyl sites for hydroxylation is 1. The summed E-state index contributed by atoms with van der Waals surface area (Å²) >= 11 is 0. The van der Waals surface area contributed by atoms with Gasteiger partial charge < -0.3 is 9.80 Å². The van der Waals surface area contributed by atoms with Crippen molar-refractivity contribution in [3.63, 3.8) is 0 Å². The highest BCUT2D eigenvalue weighted by atomic mass is 16.2. The molecule has 28 heavy (non-hydrogen) atoms. The lowest BCUT2D eigenvalue weighted by molar-refractivity contribution is -0.128. The van der Waals surface area contributed by atoms with E-state index >= 15 is 0 Å². The van der Waals surface area contributed by atoms with Crippen LogP contribution in [0.4, 0.5) is 0 Å². The maximum Gasteiger partial charge on any atom is 0.257 e. The Balaban J connectivity index is 1.38. The Morgan fingerprint density at radius 3 is 2.43 bits per heavy atom. The summed E-state index contributed by atoms with van der Waals surface area (Å²) in [7, 11) is 0. The molecule has 3 heterocycles. The van der Waals surface area contributed by atoms with Gasteiger partial charge in [-0.2, -0.15) is 5.10 Å². The predicted molar refractivity (Wildman–Crippen MR) is 108 cm³/mol. The molecule has 146 valence electrons. The number of fused-ring (bicyclic) bond motifs is 1. The van der Waals surface area contributed by atoms with Gasteiger partial charge in [-0.3, -0.25) is 14.3 Å². The maximum absolute atomic E-state index is 12.9. The van der Waals surface area contributed by atoms with Gasteiger partial charge in [0.1, 0.15) is 0 Å². The number of rotatable bonds is 3. The molecule has 0 aliphatic carbocycles. The molecule has 6 heteroatoms. The summed E-state index contributed by atoms with van der Waals surface area (Å²) in [6, 6.07) is 9.86. The van der Waals surface area contributed by atoms with Crippen LogP contribution in [-0.4, -0.2) is 57.6 Å². The molecule has 0 saturated carbocycles. The van der Waals surface area contributed by atoms with Crippen LogP contribution in [0.25, 0.3) is 6.08 Å². The molecule has 0 bridgehead atoms. The summed E-state index contributed by atoms with van der Waals surface area (Å²) in [5.74, 6) is 0.0886. The van der Waals surface area contributed by atoms with Gasteiger partial charge in [-0.15, -0.1) is 0 Å². The van der Waals surface area contributed by atoms with Crippen LogP contribution < -0.4 is 0 Å². The number of benzene rings is 1. The first-order chi connectivity index (χ1) is 13.6. The molecule has 2 aromatic rings. The van der Waals surface area contributed by atoms with Gasteiger partial charge in [0.15, 0.2) is 0 Å². The van der Waals surface area contributed by atoms with E-state index in [9.17, 15) is 9.59 Å². The lowest BCUT2D eigenvalue weighted by Crippen LogP contribution is -2.50. The van der Waals surface area contributed by atoms with Crippen molar-refractivity contribution in [1.29, 1.82) is 0 Å². The molecule has 6 nitrogen and oxygen atoms in total. The lowest BCUT2D eigenvalue weighted by atomic mass is 10.1. The molecule has 2 aliphatic rings. The number of amides is 2. The molecule has 0 unspecified atom stereocenters. The van der Waals surface area contributed by atoms with Gasteiger partial charge >= 0.3 is 0 Å². The quantitative estimate of drug-likeness (QED) is 0.772. The van der Waals surface area contributed by atoms with E-state index in [1.807, 2.05) is 57.8 Å². The van der Waals surface area contributed by atoms with Gasteiger partial charge in [0.2, 0.25) is 5.91 Å². The van der Waals surface area contributed by atoms with Crippen molar-refractivity contribution in [3.8, 4) is 0 Å². The van der Waals surface area contributed by atoms with Gasteiger partial charge in [-0.05, 0) is 37.8 Å². The Morgan fingerprint density at radius 1 is 0.964 bits per heavy atom. The highest BCUT2D eigenvalue weighted by Gasteiger charge is 2.28. The minimum absolute atomic E-state index is 0.0406. The number of carbonyl (C=O) groups excluding carboxylic acids is 2. The molecular formula is C22H26N4O2. The minimum Gasteiger partial charge on any atom is -0.335 e. The van der Waals surface area contributed by atoms with Crippen LogP contribution in [0.1, 0.15) is 41.4 Å². The van der Waals surface area contributed by atoms with E-state index in [0.29, 0.717) is 26.2 Å². The van der Waals surface area contributed by atoms with Crippen molar-refractivity contribution in [2.75, 3.05) is 26.2 Å². The largest absolute Gasteiger partial charge is 0.335 e. The Hall–Kier alpha value is -2.89. The number of aromatic nitrogens is 2. The van der Waals surface area contributed by atoms with Crippen LogP contribution in [0.15, 0.2) is 42.1 Å². The highest BCUT2D eigenvalue weighted by molar-refractivity contribution is 5.98. The van der Waals surface area contributed by atoms with Crippen LogP contribution in [0, 0.1) is 0 Å². The summed E-state index contributed by atoms with van der Waals surface area (Å²) < 4.78 is 1.97.